The number of nitriles is 1. The van der Waals surface area contributed by atoms with E-state index in [1.807, 2.05) is 55.5 Å². The summed E-state index contributed by atoms with van der Waals surface area (Å²) >= 11 is 1.21. The number of aryl methyl sites for hydroxylation is 1. The first-order chi connectivity index (χ1) is 19.4. The van der Waals surface area contributed by atoms with Crippen LogP contribution in [0.1, 0.15) is 24.0 Å². The largest absolute Gasteiger partial charge is 0.493 e. The van der Waals surface area contributed by atoms with Gasteiger partial charge in [-0.05, 0) is 55.3 Å². The Hall–Kier alpha value is -4.68. The predicted molar refractivity (Wildman–Crippen MR) is 158 cm³/mol. The molecule has 0 aromatic heterocycles. The minimum Gasteiger partial charge on any atom is -0.493 e. The number of ether oxygens (including phenoxy) is 2. The van der Waals surface area contributed by atoms with Crippen molar-refractivity contribution in [2.24, 2.45) is 0 Å². The van der Waals surface area contributed by atoms with Crippen LogP contribution in [-0.4, -0.2) is 31.8 Å². The summed E-state index contributed by atoms with van der Waals surface area (Å²) in [6, 6.07) is 24.3. The molecule has 0 saturated carbocycles. The smallest absolute Gasteiger partial charge is 0.254 e. The lowest BCUT2D eigenvalue weighted by molar-refractivity contribution is -0.114. The molecular weight excluding hydrogens is 524 g/mol. The third-order valence-electron chi connectivity index (χ3n) is 6.43. The summed E-state index contributed by atoms with van der Waals surface area (Å²) in [6.45, 7) is 3.71. The number of hydrogen-bond acceptors (Lipinski definition) is 7. The van der Waals surface area contributed by atoms with Crippen molar-refractivity contribution < 1.29 is 19.1 Å². The summed E-state index contributed by atoms with van der Waals surface area (Å²) in [5, 5.41) is 19.9. The third-order valence-corrected chi connectivity index (χ3v) is 7.45. The van der Waals surface area contributed by atoms with E-state index < -0.39 is 5.92 Å². The van der Waals surface area contributed by atoms with Crippen LogP contribution in [0.5, 0.6) is 11.5 Å². The number of carbonyl (C=O) groups excluding carboxylic acids is 2. The number of amides is 2. The molecule has 1 aliphatic heterocycles. The molecule has 1 atom stereocenters. The maximum absolute atomic E-state index is 13.6. The molecule has 0 aliphatic carbocycles. The second-order valence-corrected chi connectivity index (χ2v) is 10.0. The van der Waals surface area contributed by atoms with Crippen molar-refractivity contribution in [3.05, 3.63) is 106 Å². The maximum atomic E-state index is 13.6. The third kappa shape index (κ3) is 6.30. The van der Waals surface area contributed by atoms with Crippen LogP contribution in [0, 0.1) is 18.3 Å². The van der Waals surface area contributed by atoms with Gasteiger partial charge in [-0.2, -0.15) is 5.26 Å². The van der Waals surface area contributed by atoms with Gasteiger partial charge >= 0.3 is 0 Å². The molecule has 3 aromatic rings. The number of thioether (sulfide) groups is 1. The van der Waals surface area contributed by atoms with E-state index in [9.17, 15) is 14.9 Å². The molecule has 1 heterocycles. The molecule has 0 bridgehead atoms. The van der Waals surface area contributed by atoms with Gasteiger partial charge in [-0.1, -0.05) is 54.2 Å². The Morgan fingerprint density at radius 1 is 0.950 bits per heavy atom. The zero-order chi connectivity index (χ0) is 28.6. The van der Waals surface area contributed by atoms with Gasteiger partial charge in [0, 0.05) is 22.6 Å². The molecule has 3 N–H and O–H groups in total. The average Bonchev–Trinajstić information content (AvgIpc) is 2.96. The normalized spacial score (nSPS) is 14.6. The maximum Gasteiger partial charge on any atom is 0.254 e. The summed E-state index contributed by atoms with van der Waals surface area (Å²) in [4.78, 5) is 26.4. The Morgan fingerprint density at radius 3 is 2.33 bits per heavy atom. The fraction of sp³-hybridized carbons (Fsp3) is 0.194. The number of carbonyl (C=O) groups is 2. The average molecular weight is 555 g/mol. The Morgan fingerprint density at radius 2 is 1.65 bits per heavy atom. The van der Waals surface area contributed by atoms with Gasteiger partial charge in [-0.3, -0.25) is 9.59 Å². The first-order valence-corrected chi connectivity index (χ1v) is 13.5. The number of para-hydroxylation sites is 2. The van der Waals surface area contributed by atoms with Crippen molar-refractivity contribution in [3.8, 4) is 17.6 Å². The molecule has 4 rings (SSSR count). The van der Waals surface area contributed by atoms with Gasteiger partial charge in [0.15, 0.2) is 11.5 Å². The number of rotatable bonds is 9. The highest BCUT2D eigenvalue weighted by Gasteiger charge is 2.35. The van der Waals surface area contributed by atoms with Crippen LogP contribution in [0.25, 0.3) is 0 Å². The number of dihydropyridines is 1. The van der Waals surface area contributed by atoms with E-state index in [1.54, 1.807) is 38.3 Å². The van der Waals surface area contributed by atoms with Crippen LogP contribution in [0.2, 0.25) is 0 Å². The fourth-order valence-electron chi connectivity index (χ4n) is 4.45. The molecule has 0 saturated heterocycles. The fourth-order valence-corrected chi connectivity index (χ4v) is 5.34. The predicted octanol–water partition coefficient (Wildman–Crippen LogP) is 5.72. The van der Waals surface area contributed by atoms with Gasteiger partial charge in [0.25, 0.3) is 5.91 Å². The summed E-state index contributed by atoms with van der Waals surface area (Å²) in [5.74, 6) is -0.187. The van der Waals surface area contributed by atoms with E-state index in [1.165, 1.54) is 18.9 Å². The van der Waals surface area contributed by atoms with E-state index in [-0.39, 0.29) is 17.6 Å². The Kier molecular flexibility index (Phi) is 9.15. The molecule has 1 unspecified atom stereocenters. The van der Waals surface area contributed by atoms with Crippen molar-refractivity contribution in [2.75, 3.05) is 30.6 Å². The molecule has 9 heteroatoms. The summed E-state index contributed by atoms with van der Waals surface area (Å²) in [6.07, 6.45) is 0. The van der Waals surface area contributed by atoms with Crippen LogP contribution in [0.15, 0.2) is 94.7 Å². The lowest BCUT2D eigenvalue weighted by atomic mass is 9.82. The number of nitrogens with zero attached hydrogens (tertiary/aromatic N) is 1. The van der Waals surface area contributed by atoms with E-state index in [0.717, 1.165) is 11.3 Å². The van der Waals surface area contributed by atoms with Gasteiger partial charge in [0.05, 0.1) is 42.6 Å². The van der Waals surface area contributed by atoms with Crippen LogP contribution in [0.3, 0.4) is 0 Å². The topological polar surface area (TPSA) is 112 Å². The highest BCUT2D eigenvalue weighted by atomic mass is 32.2. The van der Waals surface area contributed by atoms with Crippen molar-refractivity contribution in [3.63, 3.8) is 0 Å². The number of benzene rings is 3. The van der Waals surface area contributed by atoms with Crippen molar-refractivity contribution in [1.82, 2.24) is 5.32 Å². The Balaban J connectivity index is 1.69. The monoisotopic (exact) mass is 554 g/mol. The molecule has 8 nitrogen and oxygen atoms in total. The highest BCUT2D eigenvalue weighted by Crippen LogP contribution is 2.43. The second-order valence-electron chi connectivity index (χ2n) is 9.04. The molecular formula is C31H30N4O4S. The molecule has 0 fully saturated rings. The van der Waals surface area contributed by atoms with Crippen LogP contribution >= 0.6 is 11.8 Å². The van der Waals surface area contributed by atoms with Crippen molar-refractivity contribution in [1.29, 1.82) is 5.26 Å². The minimum atomic E-state index is -0.711. The van der Waals surface area contributed by atoms with E-state index >= 15 is 0 Å². The van der Waals surface area contributed by atoms with Gasteiger partial charge in [0.1, 0.15) is 0 Å². The SMILES string of the molecule is COc1ccc(C2C(C#N)=C(SCC(=O)Nc3ccccc3C)NC(C)=C2C(=O)Nc2ccccc2)cc1OC. The minimum absolute atomic E-state index is 0.0688. The molecule has 204 valence electrons. The van der Waals surface area contributed by atoms with Gasteiger partial charge in [-0.25, -0.2) is 0 Å². The number of hydrogen-bond donors (Lipinski definition) is 3. The summed E-state index contributed by atoms with van der Waals surface area (Å²) in [7, 11) is 3.08. The number of allylic oxidation sites excluding steroid dienone is 2. The first kappa shape index (κ1) is 28.3. The summed E-state index contributed by atoms with van der Waals surface area (Å²) < 4.78 is 10.9. The molecule has 3 aromatic carbocycles. The van der Waals surface area contributed by atoms with Gasteiger partial charge in [0.2, 0.25) is 5.91 Å². The van der Waals surface area contributed by atoms with Gasteiger partial charge in [-0.15, -0.1) is 0 Å². The van der Waals surface area contributed by atoms with Crippen molar-refractivity contribution >= 4 is 35.0 Å². The zero-order valence-electron chi connectivity index (χ0n) is 22.7. The van der Waals surface area contributed by atoms with Gasteiger partial charge < -0.3 is 25.4 Å². The first-order valence-electron chi connectivity index (χ1n) is 12.5. The van der Waals surface area contributed by atoms with E-state index in [4.69, 9.17) is 9.47 Å². The van der Waals surface area contributed by atoms with Crippen LogP contribution < -0.4 is 25.4 Å². The van der Waals surface area contributed by atoms with Crippen LogP contribution in [-0.2, 0) is 9.59 Å². The number of methoxy groups -OCH3 is 2. The molecule has 1 aliphatic rings. The summed E-state index contributed by atoms with van der Waals surface area (Å²) in [5.41, 5.74) is 4.29. The quantitative estimate of drug-likeness (QED) is 0.310. The highest BCUT2D eigenvalue weighted by molar-refractivity contribution is 8.03. The van der Waals surface area contributed by atoms with E-state index in [2.05, 4.69) is 22.0 Å². The molecule has 0 radical (unpaired) electrons. The zero-order valence-corrected chi connectivity index (χ0v) is 23.5. The van der Waals surface area contributed by atoms with E-state index in [0.29, 0.717) is 44.6 Å². The molecule has 40 heavy (non-hydrogen) atoms. The van der Waals surface area contributed by atoms with Crippen molar-refractivity contribution in [2.45, 2.75) is 19.8 Å². The Bertz CT molecular complexity index is 1530. The number of nitrogens with one attached hydrogen (secondary N) is 3. The lowest BCUT2D eigenvalue weighted by Crippen LogP contribution is -2.31. The second kappa shape index (κ2) is 12.9. The lowest BCUT2D eigenvalue weighted by Gasteiger charge is -2.30. The molecule has 2 amide bonds. The molecule has 0 spiro atoms. The standard InChI is InChI=1S/C31H30N4O4S/c1-19-10-8-9-13-24(19)35-27(36)18-40-31-23(17-32)29(21-14-15-25(38-3)26(16-21)39-4)28(20(2)33-31)30(37)34-22-11-6-5-7-12-22/h5-16,29,33H,18H2,1-4H3,(H,34,37)(H,35,36). The van der Waals surface area contributed by atoms with Crippen LogP contribution in [0.4, 0.5) is 11.4 Å². The Labute approximate surface area is 238 Å². The number of anilines is 2.